The minimum absolute atomic E-state index is 0.120. The second kappa shape index (κ2) is 7.45. The highest BCUT2D eigenvalue weighted by Gasteiger charge is 2.15. The van der Waals surface area contributed by atoms with Gasteiger partial charge in [-0.1, -0.05) is 32.0 Å². The Labute approximate surface area is 129 Å². The topological polar surface area (TPSA) is 74.0 Å². The van der Waals surface area contributed by atoms with E-state index in [2.05, 4.69) is 29.5 Å². The lowest BCUT2D eigenvalue weighted by molar-refractivity contribution is 0.0950. The summed E-state index contributed by atoms with van der Waals surface area (Å²) in [5, 5.41) is 6.32. The van der Waals surface area contributed by atoms with Gasteiger partial charge in [0.2, 0.25) is 5.56 Å². The van der Waals surface area contributed by atoms with Gasteiger partial charge in [0, 0.05) is 30.5 Å². The molecule has 0 saturated carbocycles. The molecule has 1 atom stereocenters. The summed E-state index contributed by atoms with van der Waals surface area (Å²) in [6, 6.07) is 12.9. The Hall–Kier alpha value is -2.56. The van der Waals surface area contributed by atoms with Crippen LogP contribution < -0.4 is 16.2 Å². The predicted molar refractivity (Wildman–Crippen MR) is 88.1 cm³/mol. The summed E-state index contributed by atoms with van der Waals surface area (Å²) >= 11 is 0. The van der Waals surface area contributed by atoms with Crippen LogP contribution in [0.1, 0.15) is 24.2 Å². The number of benzene rings is 1. The van der Waals surface area contributed by atoms with Gasteiger partial charge in [0.25, 0.3) is 5.91 Å². The Balaban J connectivity index is 1.95. The maximum absolute atomic E-state index is 12.1. The highest BCUT2D eigenvalue weighted by molar-refractivity contribution is 5.93. The van der Waals surface area contributed by atoms with Crippen LogP contribution in [0.5, 0.6) is 0 Å². The molecule has 0 radical (unpaired) electrons. The Morgan fingerprint density at radius 1 is 1.14 bits per heavy atom. The van der Waals surface area contributed by atoms with Crippen LogP contribution in [0.3, 0.4) is 0 Å². The molecule has 22 heavy (non-hydrogen) atoms. The summed E-state index contributed by atoms with van der Waals surface area (Å²) in [6.45, 7) is 4.71. The highest BCUT2D eigenvalue weighted by atomic mass is 16.1. The molecule has 0 bridgehead atoms. The van der Waals surface area contributed by atoms with Crippen LogP contribution in [0.15, 0.2) is 53.5 Å². The van der Waals surface area contributed by atoms with Crippen molar-refractivity contribution in [2.24, 2.45) is 5.92 Å². The second-order valence-electron chi connectivity index (χ2n) is 5.51. The molecule has 1 unspecified atom stereocenters. The average Bonchev–Trinajstić information content (AvgIpc) is 2.52. The van der Waals surface area contributed by atoms with E-state index in [0.717, 1.165) is 5.69 Å². The number of nitrogens with one attached hydrogen (secondary N) is 3. The summed E-state index contributed by atoms with van der Waals surface area (Å²) in [5.74, 6) is 0.160. The highest BCUT2D eigenvalue weighted by Crippen LogP contribution is 2.11. The predicted octanol–water partition coefficient (Wildman–Crippen LogP) is 2.24. The van der Waals surface area contributed by atoms with Gasteiger partial charge in [0.15, 0.2) is 0 Å². The number of pyridine rings is 1. The van der Waals surface area contributed by atoms with Crippen molar-refractivity contribution in [1.29, 1.82) is 0 Å². The van der Waals surface area contributed by atoms with Gasteiger partial charge in [0.1, 0.15) is 0 Å². The zero-order valence-electron chi connectivity index (χ0n) is 12.8. The fraction of sp³-hybridized carbons (Fsp3) is 0.294. The van der Waals surface area contributed by atoms with E-state index in [4.69, 9.17) is 0 Å². The van der Waals surface area contributed by atoms with Crippen molar-refractivity contribution in [3.05, 3.63) is 64.6 Å². The number of para-hydroxylation sites is 1. The number of carbonyl (C=O) groups is 1. The van der Waals surface area contributed by atoms with Crippen LogP contribution in [0.4, 0.5) is 5.69 Å². The molecule has 2 aromatic rings. The molecule has 2 rings (SSSR count). The van der Waals surface area contributed by atoms with Crippen LogP contribution >= 0.6 is 0 Å². The molecule has 0 saturated heterocycles. The summed E-state index contributed by atoms with van der Waals surface area (Å²) < 4.78 is 0. The minimum Gasteiger partial charge on any atom is -0.380 e. The summed E-state index contributed by atoms with van der Waals surface area (Å²) in [5.41, 5.74) is 1.25. The zero-order chi connectivity index (χ0) is 15.9. The molecule has 0 spiro atoms. The van der Waals surface area contributed by atoms with Crippen molar-refractivity contribution in [3.8, 4) is 0 Å². The molecule has 3 N–H and O–H groups in total. The monoisotopic (exact) mass is 299 g/mol. The summed E-state index contributed by atoms with van der Waals surface area (Å²) in [6.07, 6.45) is 1.42. The van der Waals surface area contributed by atoms with Crippen LogP contribution in [-0.4, -0.2) is 23.5 Å². The smallest absolute Gasteiger partial charge is 0.252 e. The van der Waals surface area contributed by atoms with Gasteiger partial charge >= 0.3 is 0 Å². The number of aromatic nitrogens is 1. The van der Waals surface area contributed by atoms with Gasteiger partial charge in [-0.2, -0.15) is 0 Å². The third-order valence-corrected chi connectivity index (χ3v) is 3.46. The molecule has 0 aliphatic rings. The van der Waals surface area contributed by atoms with Gasteiger partial charge in [-0.3, -0.25) is 9.59 Å². The molecule has 0 fully saturated rings. The maximum Gasteiger partial charge on any atom is 0.252 e. The van der Waals surface area contributed by atoms with Gasteiger partial charge < -0.3 is 15.6 Å². The Kier molecular flexibility index (Phi) is 5.36. The molecule has 1 aromatic heterocycles. The molecule has 0 aliphatic heterocycles. The molecule has 5 nitrogen and oxygen atoms in total. The number of H-pyrrole nitrogens is 1. The maximum atomic E-state index is 12.1. The second-order valence-corrected chi connectivity index (χ2v) is 5.51. The van der Waals surface area contributed by atoms with E-state index in [9.17, 15) is 9.59 Å². The Morgan fingerprint density at radius 2 is 1.86 bits per heavy atom. The lowest BCUT2D eigenvalue weighted by atomic mass is 10.0. The van der Waals surface area contributed by atoms with E-state index in [1.54, 1.807) is 0 Å². The number of hydrogen-bond acceptors (Lipinski definition) is 3. The Morgan fingerprint density at radius 3 is 2.45 bits per heavy atom. The molecule has 1 amide bonds. The van der Waals surface area contributed by atoms with Crippen molar-refractivity contribution in [2.45, 2.75) is 19.9 Å². The lowest BCUT2D eigenvalue weighted by Crippen LogP contribution is -2.39. The van der Waals surface area contributed by atoms with Crippen molar-refractivity contribution in [2.75, 3.05) is 11.9 Å². The molecule has 116 valence electrons. The SMILES string of the molecule is CC(C)C(CNC(=O)c1ccc(=O)[nH]c1)Nc1ccccc1. The van der Waals surface area contributed by atoms with Crippen molar-refractivity contribution < 1.29 is 4.79 Å². The number of anilines is 1. The Bertz CT molecular complexity index is 645. The van der Waals surface area contributed by atoms with E-state index in [1.165, 1.54) is 18.3 Å². The number of carbonyl (C=O) groups excluding carboxylic acids is 1. The van der Waals surface area contributed by atoms with Gasteiger partial charge in [0.05, 0.1) is 5.56 Å². The third kappa shape index (κ3) is 4.48. The lowest BCUT2D eigenvalue weighted by Gasteiger charge is -2.24. The van der Waals surface area contributed by atoms with E-state index in [0.29, 0.717) is 18.0 Å². The largest absolute Gasteiger partial charge is 0.380 e. The molecular formula is C17H21N3O2. The quantitative estimate of drug-likeness (QED) is 0.766. The van der Waals surface area contributed by atoms with Crippen LogP contribution in [0.25, 0.3) is 0 Å². The van der Waals surface area contributed by atoms with E-state index in [1.807, 2.05) is 30.3 Å². The third-order valence-electron chi connectivity index (χ3n) is 3.46. The summed E-state index contributed by atoms with van der Waals surface area (Å²) in [4.78, 5) is 25.6. The normalized spacial score (nSPS) is 12.0. The first kappa shape index (κ1) is 15.8. The average molecular weight is 299 g/mol. The molecule has 1 heterocycles. The first-order chi connectivity index (χ1) is 10.6. The molecule has 5 heteroatoms. The van der Waals surface area contributed by atoms with Crippen LogP contribution in [0, 0.1) is 5.92 Å². The summed E-state index contributed by atoms with van der Waals surface area (Å²) in [7, 11) is 0. The molecule has 0 aliphatic carbocycles. The van der Waals surface area contributed by atoms with E-state index >= 15 is 0 Å². The molecule has 1 aromatic carbocycles. The van der Waals surface area contributed by atoms with E-state index in [-0.39, 0.29) is 17.5 Å². The van der Waals surface area contributed by atoms with Gasteiger partial charge in [-0.15, -0.1) is 0 Å². The fourth-order valence-electron chi connectivity index (χ4n) is 2.06. The standard InChI is InChI=1S/C17H21N3O2/c1-12(2)15(20-14-6-4-3-5-7-14)11-19-17(22)13-8-9-16(21)18-10-13/h3-10,12,15,20H,11H2,1-2H3,(H,18,21)(H,19,22). The van der Waals surface area contributed by atoms with Crippen molar-refractivity contribution in [1.82, 2.24) is 10.3 Å². The first-order valence-electron chi connectivity index (χ1n) is 7.35. The minimum atomic E-state index is -0.220. The number of aromatic amines is 1. The van der Waals surface area contributed by atoms with Gasteiger partial charge in [-0.05, 0) is 24.1 Å². The first-order valence-corrected chi connectivity index (χ1v) is 7.35. The van der Waals surface area contributed by atoms with E-state index < -0.39 is 0 Å². The zero-order valence-corrected chi connectivity index (χ0v) is 12.8. The van der Waals surface area contributed by atoms with Crippen molar-refractivity contribution in [3.63, 3.8) is 0 Å². The molecular weight excluding hydrogens is 278 g/mol. The van der Waals surface area contributed by atoms with Crippen LogP contribution in [0.2, 0.25) is 0 Å². The number of amides is 1. The van der Waals surface area contributed by atoms with Gasteiger partial charge in [-0.25, -0.2) is 0 Å². The van der Waals surface area contributed by atoms with Crippen molar-refractivity contribution >= 4 is 11.6 Å². The van der Waals surface area contributed by atoms with Crippen LogP contribution in [-0.2, 0) is 0 Å². The fourth-order valence-corrected chi connectivity index (χ4v) is 2.06. The number of rotatable bonds is 6. The number of hydrogen-bond donors (Lipinski definition) is 3.